The van der Waals surface area contributed by atoms with Gasteiger partial charge in [0, 0.05) is 11.1 Å². The number of amides is 1. The number of nitrogens with one attached hydrogen (secondary N) is 1. The molecule has 1 aliphatic carbocycles. The SMILES string of the molecule is COC(=O)C(NC(=O)C1=C(C(=O)O)CCCC1)c1ccc(OC)c(Cl)c1. The number of hydrogen-bond donors (Lipinski definition) is 2. The monoisotopic (exact) mass is 381 g/mol. The Hall–Kier alpha value is -2.54. The fraction of sp³-hybridized carbons (Fsp3) is 0.389. The third-order valence-electron chi connectivity index (χ3n) is 4.22. The third-order valence-corrected chi connectivity index (χ3v) is 4.52. The summed E-state index contributed by atoms with van der Waals surface area (Å²) < 4.78 is 9.84. The number of rotatable bonds is 6. The van der Waals surface area contributed by atoms with Gasteiger partial charge in [-0.15, -0.1) is 0 Å². The highest BCUT2D eigenvalue weighted by Gasteiger charge is 2.29. The van der Waals surface area contributed by atoms with E-state index in [2.05, 4.69) is 5.32 Å². The minimum atomic E-state index is -1.11. The number of halogens is 1. The first-order valence-electron chi connectivity index (χ1n) is 8.06. The summed E-state index contributed by atoms with van der Waals surface area (Å²) in [5, 5.41) is 12.1. The highest BCUT2D eigenvalue weighted by molar-refractivity contribution is 6.32. The summed E-state index contributed by atoms with van der Waals surface area (Å²) in [5.41, 5.74) is 0.687. The first kappa shape index (κ1) is 19.8. The van der Waals surface area contributed by atoms with Crippen LogP contribution in [0.1, 0.15) is 37.3 Å². The molecule has 0 spiro atoms. The van der Waals surface area contributed by atoms with E-state index in [1.165, 1.54) is 20.3 Å². The van der Waals surface area contributed by atoms with Crippen LogP contribution in [0.3, 0.4) is 0 Å². The van der Waals surface area contributed by atoms with E-state index in [0.717, 1.165) is 6.42 Å². The van der Waals surface area contributed by atoms with Gasteiger partial charge in [-0.3, -0.25) is 4.79 Å². The summed E-state index contributed by atoms with van der Waals surface area (Å²) in [7, 11) is 2.67. The quantitative estimate of drug-likeness (QED) is 0.734. The molecule has 0 fully saturated rings. The Bertz CT molecular complexity index is 758. The molecule has 0 radical (unpaired) electrons. The number of carboxylic acids is 1. The van der Waals surface area contributed by atoms with Gasteiger partial charge in [-0.1, -0.05) is 17.7 Å². The van der Waals surface area contributed by atoms with Crippen molar-refractivity contribution >= 4 is 29.4 Å². The van der Waals surface area contributed by atoms with Crippen LogP contribution in [-0.2, 0) is 19.1 Å². The van der Waals surface area contributed by atoms with Crippen molar-refractivity contribution in [1.82, 2.24) is 5.32 Å². The number of esters is 1. The molecule has 2 N–H and O–H groups in total. The van der Waals surface area contributed by atoms with Crippen molar-refractivity contribution in [3.8, 4) is 5.75 Å². The van der Waals surface area contributed by atoms with Gasteiger partial charge in [0.2, 0.25) is 5.91 Å². The van der Waals surface area contributed by atoms with E-state index in [1.807, 2.05) is 0 Å². The van der Waals surface area contributed by atoms with Crippen LogP contribution in [0.25, 0.3) is 0 Å². The Morgan fingerprint density at radius 3 is 2.35 bits per heavy atom. The van der Waals surface area contributed by atoms with Crippen molar-refractivity contribution < 1.29 is 29.0 Å². The summed E-state index contributed by atoms with van der Waals surface area (Å²) in [6.07, 6.45) is 2.11. The smallest absolute Gasteiger partial charge is 0.333 e. The van der Waals surface area contributed by atoms with Crippen LogP contribution in [0.4, 0.5) is 0 Å². The Labute approximate surface area is 155 Å². The minimum Gasteiger partial charge on any atom is -0.495 e. The predicted molar refractivity (Wildman–Crippen MR) is 94.0 cm³/mol. The fourth-order valence-electron chi connectivity index (χ4n) is 2.87. The maximum Gasteiger partial charge on any atom is 0.333 e. The van der Waals surface area contributed by atoms with Gasteiger partial charge in [0.15, 0.2) is 6.04 Å². The van der Waals surface area contributed by atoms with E-state index in [4.69, 9.17) is 21.1 Å². The molecule has 0 saturated heterocycles. The molecule has 8 heteroatoms. The lowest BCUT2D eigenvalue weighted by Crippen LogP contribution is -2.36. The first-order valence-corrected chi connectivity index (χ1v) is 8.44. The molecule has 0 aromatic heterocycles. The van der Waals surface area contributed by atoms with E-state index in [0.29, 0.717) is 30.6 Å². The van der Waals surface area contributed by atoms with Crippen LogP contribution >= 0.6 is 11.6 Å². The second kappa shape index (κ2) is 8.71. The number of methoxy groups -OCH3 is 2. The molecule has 0 aliphatic heterocycles. The largest absolute Gasteiger partial charge is 0.495 e. The van der Waals surface area contributed by atoms with Gasteiger partial charge in [-0.25, -0.2) is 9.59 Å². The van der Waals surface area contributed by atoms with Crippen molar-refractivity contribution in [2.24, 2.45) is 0 Å². The topological polar surface area (TPSA) is 102 Å². The molecule has 2 rings (SSSR count). The first-order chi connectivity index (χ1) is 12.4. The number of carbonyl (C=O) groups is 3. The maximum atomic E-state index is 12.6. The van der Waals surface area contributed by atoms with E-state index < -0.39 is 23.9 Å². The standard InChI is InChI=1S/C18H20ClNO6/c1-25-14-8-7-10(9-13(14)19)15(18(24)26-2)20-16(21)11-5-3-4-6-12(11)17(22)23/h7-9,15H,3-6H2,1-2H3,(H,20,21)(H,22,23). The minimum absolute atomic E-state index is 0.0881. The maximum absolute atomic E-state index is 12.6. The molecule has 1 aromatic carbocycles. The molecular weight excluding hydrogens is 362 g/mol. The molecule has 1 aromatic rings. The summed E-state index contributed by atoms with van der Waals surface area (Å²) >= 11 is 6.09. The zero-order valence-corrected chi connectivity index (χ0v) is 15.3. The normalized spacial score (nSPS) is 15.2. The number of aliphatic carboxylic acids is 1. The van der Waals surface area contributed by atoms with Crippen LogP contribution in [-0.4, -0.2) is 37.2 Å². The average molecular weight is 382 g/mol. The van der Waals surface area contributed by atoms with Crippen molar-refractivity contribution in [2.45, 2.75) is 31.7 Å². The molecular formula is C18H20ClNO6. The predicted octanol–water partition coefficient (Wildman–Crippen LogP) is 2.63. The molecule has 1 unspecified atom stereocenters. The number of ether oxygens (including phenoxy) is 2. The van der Waals surface area contributed by atoms with Gasteiger partial charge in [-0.05, 0) is 43.4 Å². The highest BCUT2D eigenvalue weighted by Crippen LogP contribution is 2.29. The van der Waals surface area contributed by atoms with E-state index in [1.54, 1.807) is 12.1 Å². The molecule has 1 aliphatic rings. The van der Waals surface area contributed by atoms with Crippen molar-refractivity contribution in [1.29, 1.82) is 0 Å². The van der Waals surface area contributed by atoms with Crippen LogP contribution in [0.2, 0.25) is 5.02 Å². The summed E-state index contributed by atoms with van der Waals surface area (Å²) in [6.45, 7) is 0. The van der Waals surface area contributed by atoms with Crippen LogP contribution in [0.5, 0.6) is 5.75 Å². The Morgan fingerprint density at radius 1 is 1.15 bits per heavy atom. The van der Waals surface area contributed by atoms with Gasteiger partial charge in [0.1, 0.15) is 5.75 Å². The molecule has 0 heterocycles. The molecule has 26 heavy (non-hydrogen) atoms. The summed E-state index contributed by atoms with van der Waals surface area (Å²) in [6, 6.07) is 3.54. The molecule has 1 amide bonds. The Kier molecular flexibility index (Phi) is 6.63. The second-order valence-electron chi connectivity index (χ2n) is 5.79. The van der Waals surface area contributed by atoms with Crippen molar-refractivity contribution in [3.05, 3.63) is 39.9 Å². The molecule has 7 nitrogen and oxygen atoms in total. The van der Waals surface area contributed by atoms with Crippen LogP contribution < -0.4 is 10.1 Å². The summed E-state index contributed by atoms with van der Waals surface area (Å²) in [5.74, 6) is -1.97. The van der Waals surface area contributed by atoms with Crippen molar-refractivity contribution in [3.63, 3.8) is 0 Å². The Morgan fingerprint density at radius 2 is 1.81 bits per heavy atom. The summed E-state index contributed by atoms with van der Waals surface area (Å²) in [4.78, 5) is 36.2. The van der Waals surface area contributed by atoms with E-state index in [9.17, 15) is 19.5 Å². The zero-order chi connectivity index (χ0) is 19.3. The number of hydrogen-bond acceptors (Lipinski definition) is 5. The van der Waals surface area contributed by atoms with Gasteiger partial charge in [0.05, 0.1) is 19.2 Å². The van der Waals surface area contributed by atoms with Gasteiger partial charge in [-0.2, -0.15) is 0 Å². The van der Waals surface area contributed by atoms with Crippen LogP contribution in [0, 0.1) is 0 Å². The second-order valence-corrected chi connectivity index (χ2v) is 6.20. The highest BCUT2D eigenvalue weighted by atomic mass is 35.5. The molecule has 1 atom stereocenters. The van der Waals surface area contributed by atoms with Gasteiger partial charge in [0.25, 0.3) is 0 Å². The van der Waals surface area contributed by atoms with Gasteiger partial charge >= 0.3 is 11.9 Å². The molecule has 0 saturated carbocycles. The zero-order valence-electron chi connectivity index (χ0n) is 14.5. The third kappa shape index (κ3) is 4.35. The average Bonchev–Trinajstić information content (AvgIpc) is 2.65. The Balaban J connectivity index is 2.34. The van der Waals surface area contributed by atoms with Crippen LogP contribution in [0.15, 0.2) is 29.3 Å². The lowest BCUT2D eigenvalue weighted by atomic mass is 9.91. The van der Waals surface area contributed by atoms with Crippen molar-refractivity contribution in [2.75, 3.05) is 14.2 Å². The molecule has 0 bridgehead atoms. The van der Waals surface area contributed by atoms with Gasteiger partial charge < -0.3 is 19.9 Å². The number of benzene rings is 1. The van der Waals surface area contributed by atoms with E-state index >= 15 is 0 Å². The number of carboxylic acid groups (broad SMARTS) is 1. The molecule has 140 valence electrons. The lowest BCUT2D eigenvalue weighted by Gasteiger charge is -2.21. The number of carbonyl (C=O) groups excluding carboxylic acids is 2. The fourth-order valence-corrected chi connectivity index (χ4v) is 3.13. The van der Waals surface area contributed by atoms with E-state index in [-0.39, 0.29) is 16.2 Å². The lowest BCUT2D eigenvalue weighted by molar-refractivity contribution is -0.144.